The van der Waals surface area contributed by atoms with Gasteiger partial charge in [0, 0.05) is 11.5 Å². The zero-order valence-corrected chi connectivity index (χ0v) is 12.4. The highest BCUT2D eigenvalue weighted by Gasteiger charge is 2.16. The number of benzene rings is 1. The van der Waals surface area contributed by atoms with Crippen molar-refractivity contribution in [3.05, 3.63) is 56.4 Å². The number of rotatable bonds is 3. The molecular formula is C13H10BrF2N3O2. The van der Waals surface area contributed by atoms with Crippen molar-refractivity contribution >= 4 is 33.2 Å². The van der Waals surface area contributed by atoms with Gasteiger partial charge in [0.15, 0.2) is 0 Å². The number of nitrogens with one attached hydrogen (secondary N) is 1. The fourth-order valence-electron chi connectivity index (χ4n) is 1.73. The second-order valence-electron chi connectivity index (χ2n) is 4.23. The van der Waals surface area contributed by atoms with Crippen LogP contribution in [0.15, 0.2) is 33.5 Å². The van der Waals surface area contributed by atoms with E-state index in [9.17, 15) is 18.4 Å². The van der Waals surface area contributed by atoms with E-state index in [0.29, 0.717) is 4.47 Å². The number of hydrogen-bond acceptors (Lipinski definition) is 3. The molecule has 0 aliphatic rings. The Kier molecular flexibility index (Phi) is 4.08. The second kappa shape index (κ2) is 5.65. The third-order valence-corrected chi connectivity index (χ3v) is 3.32. The molecule has 0 bridgehead atoms. The molecule has 8 heteroatoms. The molecule has 0 saturated carbocycles. The lowest BCUT2D eigenvalue weighted by atomic mass is 10.2. The molecule has 110 valence electrons. The van der Waals surface area contributed by atoms with E-state index < -0.39 is 23.1 Å². The van der Waals surface area contributed by atoms with Crippen LogP contribution in [0.2, 0.25) is 0 Å². The van der Waals surface area contributed by atoms with Crippen molar-refractivity contribution in [2.24, 2.45) is 12.8 Å². The monoisotopic (exact) mass is 357 g/mol. The van der Waals surface area contributed by atoms with Crippen molar-refractivity contribution in [1.29, 1.82) is 0 Å². The molecule has 21 heavy (non-hydrogen) atoms. The maximum Gasteiger partial charge on any atom is 0.289 e. The maximum atomic E-state index is 13.9. The van der Waals surface area contributed by atoms with Gasteiger partial charge in [-0.25, -0.2) is 4.39 Å². The summed E-state index contributed by atoms with van der Waals surface area (Å²) in [5.74, 6) is -2.68. The Morgan fingerprint density at radius 1 is 1.29 bits per heavy atom. The predicted octanol–water partition coefficient (Wildman–Crippen LogP) is 2.27. The summed E-state index contributed by atoms with van der Waals surface area (Å²) in [6.45, 7) is 0. The lowest BCUT2D eigenvalue weighted by Crippen LogP contribution is -2.29. The highest BCUT2D eigenvalue weighted by atomic mass is 79.9. The first-order valence-electron chi connectivity index (χ1n) is 5.72. The van der Waals surface area contributed by atoms with Crippen LogP contribution >= 0.6 is 15.9 Å². The van der Waals surface area contributed by atoms with Gasteiger partial charge < -0.3 is 15.6 Å². The quantitative estimate of drug-likeness (QED) is 0.884. The summed E-state index contributed by atoms with van der Waals surface area (Å²) in [4.78, 5) is 22.9. The van der Waals surface area contributed by atoms with Gasteiger partial charge in [-0.2, -0.15) is 4.39 Å². The van der Waals surface area contributed by atoms with Crippen LogP contribution in [-0.4, -0.2) is 10.5 Å². The molecule has 0 radical (unpaired) electrons. The Labute approximate surface area is 126 Å². The number of pyridine rings is 1. The van der Waals surface area contributed by atoms with E-state index in [4.69, 9.17) is 5.73 Å². The number of halogens is 3. The van der Waals surface area contributed by atoms with Gasteiger partial charge in [-0.3, -0.25) is 9.59 Å². The molecule has 1 heterocycles. The molecule has 1 aromatic heterocycles. The number of primary amides is 1. The van der Waals surface area contributed by atoms with Gasteiger partial charge in [-0.1, -0.05) is 15.9 Å². The third-order valence-electron chi connectivity index (χ3n) is 2.82. The summed E-state index contributed by atoms with van der Waals surface area (Å²) in [7, 11) is 1.22. The van der Waals surface area contributed by atoms with Crippen molar-refractivity contribution < 1.29 is 13.6 Å². The first kappa shape index (κ1) is 15.2. The average Bonchev–Trinajstić information content (AvgIpc) is 2.41. The van der Waals surface area contributed by atoms with E-state index in [0.717, 1.165) is 10.6 Å². The van der Waals surface area contributed by atoms with Gasteiger partial charge in [0.25, 0.3) is 11.5 Å². The molecule has 3 N–H and O–H groups in total. The number of nitrogens with two attached hydrogens (primary N) is 1. The van der Waals surface area contributed by atoms with Crippen LogP contribution in [-0.2, 0) is 7.05 Å². The van der Waals surface area contributed by atoms with E-state index in [1.807, 2.05) is 0 Å². The minimum absolute atomic E-state index is 0.0410. The van der Waals surface area contributed by atoms with Gasteiger partial charge in [-0.05, 0) is 24.3 Å². The number of nitrogens with zero attached hydrogens (tertiary/aromatic N) is 1. The summed E-state index contributed by atoms with van der Waals surface area (Å²) in [6.07, 6.45) is 0. The minimum Gasteiger partial charge on any atom is -0.364 e. The summed E-state index contributed by atoms with van der Waals surface area (Å²) < 4.78 is 28.9. The number of carbonyl (C=O) groups is 1. The first-order chi connectivity index (χ1) is 9.81. The van der Waals surface area contributed by atoms with Crippen LogP contribution < -0.4 is 16.6 Å². The molecule has 0 spiro atoms. The molecule has 0 aliphatic heterocycles. The highest BCUT2D eigenvalue weighted by molar-refractivity contribution is 9.10. The van der Waals surface area contributed by atoms with E-state index in [1.165, 1.54) is 19.2 Å². The van der Waals surface area contributed by atoms with Crippen LogP contribution in [0.3, 0.4) is 0 Å². The predicted molar refractivity (Wildman–Crippen MR) is 77.5 cm³/mol. The fourth-order valence-corrected chi connectivity index (χ4v) is 2.07. The maximum absolute atomic E-state index is 13.9. The van der Waals surface area contributed by atoms with Crippen molar-refractivity contribution in [3.8, 4) is 0 Å². The van der Waals surface area contributed by atoms with Crippen LogP contribution in [0.1, 0.15) is 10.5 Å². The zero-order valence-electron chi connectivity index (χ0n) is 10.8. The smallest absolute Gasteiger partial charge is 0.289 e. The molecule has 0 unspecified atom stereocenters. The Morgan fingerprint density at radius 2 is 1.95 bits per heavy atom. The number of anilines is 2. The molecule has 2 aromatic rings. The average molecular weight is 358 g/mol. The number of carbonyl (C=O) groups excluding carboxylic acids is 1. The Hall–Kier alpha value is -2.22. The molecule has 5 nitrogen and oxygen atoms in total. The molecule has 0 saturated heterocycles. The van der Waals surface area contributed by atoms with Gasteiger partial charge in [-0.15, -0.1) is 0 Å². The topological polar surface area (TPSA) is 77.1 Å². The third kappa shape index (κ3) is 2.94. The molecule has 1 aromatic carbocycles. The van der Waals surface area contributed by atoms with Crippen LogP contribution in [0, 0.1) is 11.6 Å². The van der Waals surface area contributed by atoms with Gasteiger partial charge in [0.2, 0.25) is 5.82 Å². The van der Waals surface area contributed by atoms with E-state index in [-0.39, 0.29) is 17.1 Å². The van der Waals surface area contributed by atoms with Crippen LogP contribution in [0.5, 0.6) is 0 Å². The van der Waals surface area contributed by atoms with Crippen molar-refractivity contribution in [1.82, 2.24) is 4.57 Å². The fraction of sp³-hybridized carbons (Fsp3) is 0.0769. The van der Waals surface area contributed by atoms with Crippen molar-refractivity contribution in [2.45, 2.75) is 0 Å². The lowest BCUT2D eigenvalue weighted by molar-refractivity contribution is 0.0991. The number of amides is 1. The Morgan fingerprint density at radius 3 is 2.52 bits per heavy atom. The summed E-state index contributed by atoms with van der Waals surface area (Å²) in [5.41, 5.74) is 3.52. The first-order valence-corrected chi connectivity index (χ1v) is 6.52. The SMILES string of the molecule is Cn1c(C(N)=O)cc(Nc2ccc(Br)cc2F)c(F)c1=O. The van der Waals surface area contributed by atoms with E-state index >= 15 is 0 Å². The Balaban J connectivity index is 2.54. The standard InChI is InChI=1S/C13H10BrF2N3O2/c1-19-10(12(17)20)5-9(11(16)13(19)21)18-8-3-2-6(14)4-7(8)15/h2-5,18H,1H3,(H2,17,20). The Bertz CT molecular complexity index is 790. The van der Waals surface area contributed by atoms with E-state index in [2.05, 4.69) is 21.2 Å². The molecule has 1 amide bonds. The second-order valence-corrected chi connectivity index (χ2v) is 5.15. The molecular weight excluding hydrogens is 348 g/mol. The lowest BCUT2D eigenvalue weighted by Gasteiger charge is -2.12. The van der Waals surface area contributed by atoms with Crippen LogP contribution in [0.25, 0.3) is 0 Å². The van der Waals surface area contributed by atoms with Gasteiger partial charge in [0.05, 0.1) is 11.4 Å². The minimum atomic E-state index is -1.13. The summed E-state index contributed by atoms with van der Waals surface area (Å²) >= 11 is 3.09. The molecule has 0 fully saturated rings. The van der Waals surface area contributed by atoms with Gasteiger partial charge in [0.1, 0.15) is 11.5 Å². The van der Waals surface area contributed by atoms with Crippen LogP contribution in [0.4, 0.5) is 20.2 Å². The zero-order chi connectivity index (χ0) is 15.7. The normalized spacial score (nSPS) is 10.5. The summed E-state index contributed by atoms with van der Waals surface area (Å²) in [6, 6.07) is 5.14. The largest absolute Gasteiger partial charge is 0.364 e. The van der Waals surface area contributed by atoms with E-state index in [1.54, 1.807) is 6.07 Å². The molecule has 0 aliphatic carbocycles. The van der Waals surface area contributed by atoms with Gasteiger partial charge >= 0.3 is 0 Å². The number of hydrogen-bond donors (Lipinski definition) is 2. The summed E-state index contributed by atoms with van der Waals surface area (Å²) in [5, 5.41) is 2.44. The van der Waals surface area contributed by atoms with Crippen molar-refractivity contribution in [3.63, 3.8) is 0 Å². The highest BCUT2D eigenvalue weighted by Crippen LogP contribution is 2.24. The number of aromatic nitrogens is 1. The molecule has 0 atom stereocenters. The molecule has 2 rings (SSSR count). The van der Waals surface area contributed by atoms with Crippen molar-refractivity contribution in [2.75, 3.05) is 5.32 Å².